The van der Waals surface area contributed by atoms with Gasteiger partial charge in [-0.3, -0.25) is 15.5 Å². The second kappa shape index (κ2) is 8.95. The summed E-state index contributed by atoms with van der Waals surface area (Å²) in [5, 5.41) is 14.8. The van der Waals surface area contributed by atoms with Gasteiger partial charge in [0.05, 0.1) is 16.8 Å². The zero-order valence-corrected chi connectivity index (χ0v) is 15.8. The maximum absolute atomic E-state index is 10.6. The van der Waals surface area contributed by atoms with Crippen LogP contribution in [0.25, 0.3) is 0 Å². The fraction of sp³-hybridized carbons (Fsp3) is 0.0500. The van der Waals surface area contributed by atoms with Crippen molar-refractivity contribution in [3.8, 4) is 5.75 Å². The Kier molecular flexibility index (Phi) is 6.17. The molecular weight excluding hydrogens is 410 g/mol. The number of nitrogens with zero attached hydrogens (tertiary/aromatic N) is 2. The lowest BCUT2D eigenvalue weighted by Gasteiger charge is -2.06. The topological polar surface area (TPSA) is 76.8 Å². The number of nitrogens with one attached hydrogen (secondary N) is 1. The smallest absolute Gasteiger partial charge is 0.269 e. The molecule has 27 heavy (non-hydrogen) atoms. The van der Waals surface area contributed by atoms with E-state index < -0.39 is 4.92 Å². The van der Waals surface area contributed by atoms with Gasteiger partial charge in [-0.05, 0) is 59.7 Å². The molecule has 0 aliphatic heterocycles. The lowest BCUT2D eigenvalue weighted by Crippen LogP contribution is -1.95. The summed E-state index contributed by atoms with van der Waals surface area (Å²) in [5.74, 6) is 0.776. The highest BCUT2D eigenvalue weighted by Crippen LogP contribution is 2.17. The molecule has 3 aromatic carbocycles. The molecule has 0 saturated carbocycles. The predicted molar refractivity (Wildman–Crippen MR) is 109 cm³/mol. The van der Waals surface area contributed by atoms with E-state index in [2.05, 4.69) is 26.5 Å². The molecule has 0 aliphatic carbocycles. The SMILES string of the molecule is O=[N+]([O-])c1ccc(N/N=C/c2ccc(OCc3ccc(Br)cc3)cc2)cc1. The van der Waals surface area contributed by atoms with E-state index in [1.54, 1.807) is 18.3 Å². The van der Waals surface area contributed by atoms with Crippen LogP contribution in [0.1, 0.15) is 11.1 Å². The Morgan fingerprint density at radius 1 is 1.00 bits per heavy atom. The van der Waals surface area contributed by atoms with E-state index in [1.165, 1.54) is 12.1 Å². The first-order valence-electron chi connectivity index (χ1n) is 8.11. The zero-order chi connectivity index (χ0) is 19.1. The molecule has 1 N–H and O–H groups in total. The summed E-state index contributed by atoms with van der Waals surface area (Å²) >= 11 is 3.41. The van der Waals surface area contributed by atoms with Crippen LogP contribution < -0.4 is 10.2 Å². The van der Waals surface area contributed by atoms with Gasteiger partial charge in [-0.2, -0.15) is 5.10 Å². The first kappa shape index (κ1) is 18.6. The fourth-order valence-electron chi connectivity index (χ4n) is 2.24. The minimum atomic E-state index is -0.437. The molecule has 0 saturated heterocycles. The third-order valence-electron chi connectivity index (χ3n) is 3.68. The fourth-order valence-corrected chi connectivity index (χ4v) is 2.50. The molecule has 3 rings (SSSR count). The number of hydrogen-bond donors (Lipinski definition) is 1. The highest BCUT2D eigenvalue weighted by molar-refractivity contribution is 9.10. The van der Waals surface area contributed by atoms with E-state index in [0.717, 1.165) is 21.3 Å². The second-order valence-corrected chi connectivity index (χ2v) is 6.57. The molecule has 0 radical (unpaired) electrons. The zero-order valence-electron chi connectivity index (χ0n) is 14.2. The van der Waals surface area contributed by atoms with Crippen LogP contribution in [0.15, 0.2) is 82.4 Å². The summed E-state index contributed by atoms with van der Waals surface area (Å²) in [6.07, 6.45) is 1.67. The summed E-state index contributed by atoms with van der Waals surface area (Å²) in [5.41, 5.74) is 5.55. The third-order valence-corrected chi connectivity index (χ3v) is 4.21. The molecule has 0 bridgehead atoms. The molecule has 6 nitrogen and oxygen atoms in total. The number of benzene rings is 3. The largest absolute Gasteiger partial charge is 0.489 e. The Hall–Kier alpha value is -3.19. The number of non-ortho nitro benzene ring substituents is 1. The predicted octanol–water partition coefficient (Wildman–Crippen LogP) is 5.38. The summed E-state index contributed by atoms with van der Waals surface area (Å²) in [6.45, 7) is 0.502. The minimum absolute atomic E-state index is 0.0447. The molecule has 0 atom stereocenters. The molecule has 0 aromatic heterocycles. The monoisotopic (exact) mass is 425 g/mol. The Morgan fingerprint density at radius 3 is 2.30 bits per heavy atom. The Balaban J connectivity index is 1.51. The molecule has 0 aliphatic rings. The van der Waals surface area contributed by atoms with Gasteiger partial charge in [0.15, 0.2) is 0 Å². The highest BCUT2D eigenvalue weighted by Gasteiger charge is 2.03. The maximum atomic E-state index is 10.6. The van der Waals surface area contributed by atoms with Crippen molar-refractivity contribution in [1.29, 1.82) is 0 Å². The van der Waals surface area contributed by atoms with E-state index in [9.17, 15) is 10.1 Å². The first-order chi connectivity index (χ1) is 13.1. The third kappa shape index (κ3) is 5.65. The van der Waals surface area contributed by atoms with Crippen molar-refractivity contribution in [2.24, 2.45) is 5.10 Å². The van der Waals surface area contributed by atoms with Crippen molar-refractivity contribution < 1.29 is 9.66 Å². The van der Waals surface area contributed by atoms with E-state index in [4.69, 9.17) is 4.74 Å². The van der Waals surface area contributed by atoms with Crippen LogP contribution in [-0.2, 0) is 6.61 Å². The van der Waals surface area contributed by atoms with Gasteiger partial charge in [-0.25, -0.2) is 0 Å². The van der Waals surface area contributed by atoms with Gasteiger partial charge < -0.3 is 4.74 Å². The second-order valence-electron chi connectivity index (χ2n) is 5.66. The number of nitro groups is 1. The van der Waals surface area contributed by atoms with Crippen LogP contribution in [-0.4, -0.2) is 11.1 Å². The first-order valence-corrected chi connectivity index (χ1v) is 8.90. The quantitative estimate of drug-likeness (QED) is 0.313. The van der Waals surface area contributed by atoms with Crippen molar-refractivity contribution in [1.82, 2.24) is 0 Å². The van der Waals surface area contributed by atoms with E-state index in [1.807, 2.05) is 48.5 Å². The maximum Gasteiger partial charge on any atom is 0.269 e. The minimum Gasteiger partial charge on any atom is -0.489 e. The van der Waals surface area contributed by atoms with Crippen molar-refractivity contribution in [3.05, 3.63) is 98.5 Å². The Bertz CT molecular complexity index is 924. The molecule has 3 aromatic rings. The molecule has 0 unspecified atom stereocenters. The molecule has 136 valence electrons. The molecular formula is C20H16BrN3O3. The normalized spacial score (nSPS) is 10.7. The number of halogens is 1. The number of nitro benzene ring substituents is 1. The van der Waals surface area contributed by atoms with Gasteiger partial charge in [-0.15, -0.1) is 0 Å². The van der Waals surface area contributed by atoms with Crippen LogP contribution in [0.2, 0.25) is 0 Å². The molecule has 0 fully saturated rings. The van der Waals surface area contributed by atoms with E-state index >= 15 is 0 Å². The average Bonchev–Trinajstić information content (AvgIpc) is 2.69. The van der Waals surface area contributed by atoms with E-state index in [-0.39, 0.29) is 5.69 Å². The summed E-state index contributed by atoms with van der Waals surface area (Å²) in [7, 11) is 0. The van der Waals surface area contributed by atoms with Gasteiger partial charge in [0, 0.05) is 16.6 Å². The highest BCUT2D eigenvalue weighted by atomic mass is 79.9. The average molecular weight is 426 g/mol. The van der Waals surface area contributed by atoms with Crippen LogP contribution in [0, 0.1) is 10.1 Å². The number of hydrazone groups is 1. The lowest BCUT2D eigenvalue weighted by atomic mass is 10.2. The Morgan fingerprint density at radius 2 is 1.67 bits per heavy atom. The Labute approximate surface area is 164 Å². The van der Waals surface area contributed by atoms with Crippen LogP contribution in [0.5, 0.6) is 5.75 Å². The van der Waals surface area contributed by atoms with Crippen molar-refractivity contribution in [2.75, 3.05) is 5.43 Å². The number of hydrogen-bond acceptors (Lipinski definition) is 5. The number of ether oxygens (including phenoxy) is 1. The van der Waals surface area contributed by atoms with Crippen LogP contribution in [0.4, 0.5) is 11.4 Å². The lowest BCUT2D eigenvalue weighted by molar-refractivity contribution is -0.384. The van der Waals surface area contributed by atoms with Crippen molar-refractivity contribution in [3.63, 3.8) is 0 Å². The molecule has 0 amide bonds. The standard InChI is InChI=1S/C20H16BrN3O3/c21-17-5-1-16(2-6-17)14-27-20-11-3-15(4-12-20)13-22-23-18-7-9-19(10-8-18)24(25)26/h1-13,23H,14H2/b22-13+. The van der Waals surface area contributed by atoms with Crippen molar-refractivity contribution in [2.45, 2.75) is 6.61 Å². The molecule has 7 heteroatoms. The van der Waals surface area contributed by atoms with Gasteiger partial charge in [0.25, 0.3) is 5.69 Å². The summed E-state index contributed by atoms with van der Waals surface area (Å²) in [6, 6.07) is 21.6. The van der Waals surface area contributed by atoms with Crippen molar-refractivity contribution >= 4 is 33.5 Å². The van der Waals surface area contributed by atoms with Crippen LogP contribution >= 0.6 is 15.9 Å². The summed E-state index contributed by atoms with van der Waals surface area (Å²) < 4.78 is 6.80. The number of rotatable bonds is 7. The van der Waals surface area contributed by atoms with Gasteiger partial charge in [-0.1, -0.05) is 28.1 Å². The molecule has 0 heterocycles. The summed E-state index contributed by atoms with van der Waals surface area (Å²) in [4.78, 5) is 10.2. The number of anilines is 1. The van der Waals surface area contributed by atoms with Gasteiger partial charge in [0.1, 0.15) is 12.4 Å². The van der Waals surface area contributed by atoms with Crippen LogP contribution in [0.3, 0.4) is 0 Å². The van der Waals surface area contributed by atoms with E-state index in [0.29, 0.717) is 12.3 Å². The molecule has 0 spiro atoms. The van der Waals surface area contributed by atoms with Gasteiger partial charge >= 0.3 is 0 Å². The van der Waals surface area contributed by atoms with Gasteiger partial charge in [0.2, 0.25) is 0 Å².